The van der Waals surface area contributed by atoms with Gasteiger partial charge in [-0.05, 0) is 30.3 Å². The zero-order valence-electron chi connectivity index (χ0n) is 13.6. The summed E-state index contributed by atoms with van der Waals surface area (Å²) >= 11 is 6.54. The van der Waals surface area contributed by atoms with Gasteiger partial charge in [-0.15, -0.1) is 13.2 Å². The molecule has 0 aliphatic rings. The third kappa shape index (κ3) is 6.43. The summed E-state index contributed by atoms with van der Waals surface area (Å²) in [7, 11) is 1.35. The molecule has 2 aromatic rings. The van der Waals surface area contributed by atoms with Gasteiger partial charge in [-0.1, -0.05) is 31.9 Å². The van der Waals surface area contributed by atoms with Crippen LogP contribution in [0.15, 0.2) is 45.3 Å². The summed E-state index contributed by atoms with van der Waals surface area (Å²) in [5, 5.41) is 7.21. The molecule has 27 heavy (non-hydrogen) atoms. The Morgan fingerprint density at radius 1 is 1.00 bits per heavy atom. The number of nitrogens with one attached hydrogen (secondary N) is 3. The summed E-state index contributed by atoms with van der Waals surface area (Å²) < 4.78 is 42.5. The summed E-state index contributed by atoms with van der Waals surface area (Å²) in [6.45, 7) is 0. The fourth-order valence-electron chi connectivity index (χ4n) is 2.07. The molecule has 2 aromatic carbocycles. The third-order valence-electron chi connectivity index (χ3n) is 3.06. The zero-order valence-corrected chi connectivity index (χ0v) is 16.8. The van der Waals surface area contributed by atoms with Gasteiger partial charge in [0.15, 0.2) is 0 Å². The van der Waals surface area contributed by atoms with E-state index in [1.54, 1.807) is 18.2 Å². The van der Waals surface area contributed by atoms with E-state index in [0.29, 0.717) is 14.6 Å². The molecule has 0 atom stereocenters. The Bertz CT molecular complexity index is 855. The minimum atomic E-state index is -4.91. The molecule has 3 amide bonds. The molecule has 2 rings (SSSR count). The second-order valence-electron chi connectivity index (χ2n) is 5.07. The highest BCUT2D eigenvalue weighted by Gasteiger charge is 2.31. The molecule has 0 radical (unpaired) electrons. The molecule has 6 nitrogen and oxygen atoms in total. The van der Waals surface area contributed by atoms with Gasteiger partial charge in [0, 0.05) is 27.7 Å². The standard InChI is InChI=1S/C16H12Br2F3N3O3/c1-22-14(25)12-3-2-11(27-16(19,20)21)7-13(12)24-15(26)23-10-5-8(17)4-9(18)6-10/h2-7H,1H3,(H,22,25)(H2,23,24,26). The first-order valence-corrected chi connectivity index (χ1v) is 8.82. The Hall–Kier alpha value is -2.27. The normalized spacial score (nSPS) is 10.9. The zero-order chi connectivity index (χ0) is 20.2. The molecule has 0 unspecified atom stereocenters. The van der Waals surface area contributed by atoms with Crippen molar-refractivity contribution in [1.29, 1.82) is 0 Å². The van der Waals surface area contributed by atoms with Crippen LogP contribution >= 0.6 is 31.9 Å². The van der Waals surface area contributed by atoms with Crippen molar-refractivity contribution in [2.45, 2.75) is 6.36 Å². The lowest BCUT2D eigenvalue weighted by Gasteiger charge is -2.14. The average molecular weight is 511 g/mol. The minimum absolute atomic E-state index is 0.0300. The first kappa shape index (κ1) is 21.0. The topological polar surface area (TPSA) is 79.5 Å². The van der Waals surface area contributed by atoms with Crippen LogP contribution in [0.1, 0.15) is 10.4 Å². The number of amides is 3. The second kappa shape index (κ2) is 8.61. The first-order valence-electron chi connectivity index (χ1n) is 7.23. The van der Waals surface area contributed by atoms with E-state index in [1.165, 1.54) is 7.05 Å². The molecular formula is C16H12Br2F3N3O3. The van der Waals surface area contributed by atoms with Crippen LogP contribution in [0.4, 0.5) is 29.3 Å². The van der Waals surface area contributed by atoms with E-state index in [1.807, 2.05) is 0 Å². The molecular weight excluding hydrogens is 499 g/mol. The van der Waals surface area contributed by atoms with Crippen molar-refractivity contribution in [2.75, 3.05) is 17.7 Å². The summed E-state index contributed by atoms with van der Waals surface area (Å²) in [5.74, 6) is -1.16. The Morgan fingerprint density at radius 2 is 1.63 bits per heavy atom. The van der Waals surface area contributed by atoms with Gasteiger partial charge in [-0.2, -0.15) is 0 Å². The molecule has 0 saturated carbocycles. The maximum Gasteiger partial charge on any atom is 0.573 e. The van der Waals surface area contributed by atoms with Crippen LogP contribution in [0.2, 0.25) is 0 Å². The van der Waals surface area contributed by atoms with Crippen LogP contribution in [0.5, 0.6) is 5.75 Å². The lowest BCUT2D eigenvalue weighted by atomic mass is 10.1. The molecule has 3 N–H and O–H groups in total. The molecule has 0 fully saturated rings. The highest BCUT2D eigenvalue weighted by molar-refractivity contribution is 9.11. The van der Waals surface area contributed by atoms with Gasteiger partial charge in [0.1, 0.15) is 5.75 Å². The van der Waals surface area contributed by atoms with Gasteiger partial charge in [-0.25, -0.2) is 4.79 Å². The number of carbonyl (C=O) groups excluding carboxylic acids is 2. The first-order chi connectivity index (χ1) is 12.6. The monoisotopic (exact) mass is 509 g/mol. The fraction of sp³-hybridized carbons (Fsp3) is 0.125. The van der Waals surface area contributed by atoms with Crippen molar-refractivity contribution in [3.63, 3.8) is 0 Å². The van der Waals surface area contributed by atoms with E-state index in [-0.39, 0.29) is 11.3 Å². The van der Waals surface area contributed by atoms with Gasteiger partial charge in [0.05, 0.1) is 11.3 Å². The molecule has 0 aromatic heterocycles. The highest BCUT2D eigenvalue weighted by atomic mass is 79.9. The van der Waals surface area contributed by atoms with E-state index in [0.717, 1.165) is 18.2 Å². The van der Waals surface area contributed by atoms with Gasteiger partial charge in [-0.3, -0.25) is 4.79 Å². The molecule has 144 valence electrons. The van der Waals surface area contributed by atoms with Crippen LogP contribution in [0.3, 0.4) is 0 Å². The lowest BCUT2D eigenvalue weighted by Crippen LogP contribution is -2.24. The quantitative estimate of drug-likeness (QED) is 0.534. The van der Waals surface area contributed by atoms with Crippen molar-refractivity contribution in [3.8, 4) is 5.75 Å². The number of alkyl halides is 3. The minimum Gasteiger partial charge on any atom is -0.406 e. The Balaban J connectivity index is 2.26. The molecule has 0 spiro atoms. The number of halogens is 5. The fourth-order valence-corrected chi connectivity index (χ4v) is 3.36. The van der Waals surface area contributed by atoms with Crippen LogP contribution in [0.25, 0.3) is 0 Å². The molecule has 0 saturated heterocycles. The van der Waals surface area contributed by atoms with Crippen molar-refractivity contribution in [2.24, 2.45) is 0 Å². The van der Waals surface area contributed by atoms with E-state index in [2.05, 4.69) is 52.5 Å². The van der Waals surface area contributed by atoms with Gasteiger partial charge in [0.25, 0.3) is 5.91 Å². The van der Waals surface area contributed by atoms with Crippen LogP contribution in [0, 0.1) is 0 Å². The number of benzene rings is 2. The van der Waals surface area contributed by atoms with Gasteiger partial charge >= 0.3 is 12.4 Å². The molecule has 11 heteroatoms. The average Bonchev–Trinajstić information content (AvgIpc) is 2.51. The van der Waals surface area contributed by atoms with E-state index >= 15 is 0 Å². The van der Waals surface area contributed by atoms with E-state index in [4.69, 9.17) is 0 Å². The SMILES string of the molecule is CNC(=O)c1ccc(OC(F)(F)F)cc1NC(=O)Nc1cc(Br)cc(Br)c1. The van der Waals surface area contributed by atoms with Gasteiger partial charge in [0.2, 0.25) is 0 Å². The number of hydrogen-bond donors (Lipinski definition) is 3. The second-order valence-corrected chi connectivity index (χ2v) is 6.90. The molecule has 0 aliphatic heterocycles. The Kier molecular flexibility index (Phi) is 6.71. The maximum absolute atomic E-state index is 12.4. The maximum atomic E-state index is 12.4. The van der Waals surface area contributed by atoms with Crippen LogP contribution < -0.4 is 20.7 Å². The Labute approximate surface area is 168 Å². The summed E-state index contributed by atoms with van der Waals surface area (Å²) in [5.41, 5.74) is 0.234. The van der Waals surface area contributed by atoms with E-state index in [9.17, 15) is 22.8 Å². The Morgan fingerprint density at radius 3 is 2.19 bits per heavy atom. The smallest absolute Gasteiger partial charge is 0.406 e. The number of carbonyl (C=O) groups is 2. The van der Waals surface area contributed by atoms with Crippen molar-refractivity contribution < 1.29 is 27.5 Å². The summed E-state index contributed by atoms with van der Waals surface area (Å²) in [6, 6.07) is 7.24. The molecule has 0 aliphatic carbocycles. The van der Waals surface area contributed by atoms with Crippen molar-refractivity contribution >= 4 is 55.2 Å². The van der Waals surface area contributed by atoms with Crippen LogP contribution in [-0.2, 0) is 0 Å². The number of urea groups is 1. The molecule has 0 heterocycles. The van der Waals surface area contributed by atoms with E-state index < -0.39 is 24.1 Å². The van der Waals surface area contributed by atoms with Crippen molar-refractivity contribution in [3.05, 3.63) is 50.9 Å². The summed E-state index contributed by atoms with van der Waals surface area (Å²) in [6.07, 6.45) is -4.91. The molecule has 0 bridgehead atoms. The van der Waals surface area contributed by atoms with Crippen molar-refractivity contribution in [1.82, 2.24) is 5.32 Å². The highest BCUT2D eigenvalue weighted by Crippen LogP contribution is 2.28. The summed E-state index contributed by atoms with van der Waals surface area (Å²) in [4.78, 5) is 24.1. The predicted octanol–water partition coefficient (Wildman–Crippen LogP) is 5.11. The number of rotatable bonds is 4. The lowest BCUT2D eigenvalue weighted by molar-refractivity contribution is -0.274. The third-order valence-corrected chi connectivity index (χ3v) is 3.98. The number of anilines is 2. The predicted molar refractivity (Wildman–Crippen MR) is 101 cm³/mol. The largest absolute Gasteiger partial charge is 0.573 e. The van der Waals surface area contributed by atoms with Crippen LogP contribution in [-0.4, -0.2) is 25.3 Å². The number of ether oxygens (including phenoxy) is 1. The van der Waals surface area contributed by atoms with Gasteiger partial charge < -0.3 is 20.7 Å². The number of hydrogen-bond acceptors (Lipinski definition) is 3.